The average molecular weight is 443 g/mol. The van der Waals surface area contributed by atoms with Crippen molar-refractivity contribution in [2.24, 2.45) is 5.92 Å². The van der Waals surface area contributed by atoms with Crippen LogP contribution in [0.25, 0.3) is 32.6 Å². The Morgan fingerprint density at radius 2 is 1.72 bits per heavy atom. The smallest absolute Gasteiger partial charge is 0.336 e. The fourth-order valence-electron chi connectivity index (χ4n) is 4.06. The second kappa shape index (κ2) is 8.28. The van der Waals surface area contributed by atoms with Crippen LogP contribution in [0, 0.1) is 5.92 Å². The summed E-state index contributed by atoms with van der Waals surface area (Å²) in [6.07, 6.45) is 0. The number of nitrogens with zero attached hydrogens (tertiary/aromatic N) is 2. The number of aromatic nitrogens is 2. The van der Waals surface area contributed by atoms with Gasteiger partial charge in [-0.2, -0.15) is 0 Å². The van der Waals surface area contributed by atoms with Gasteiger partial charge in [0, 0.05) is 23.8 Å². The molecule has 160 valence electrons. The maximum absolute atomic E-state index is 13.2. The molecule has 32 heavy (non-hydrogen) atoms. The SMILES string of the molecule is CC(C)Cn1c(SCc2cc(=O)oc3ccc4ccccc4c23)nc2ccccc2c1=O. The molecule has 0 atom stereocenters. The van der Waals surface area contributed by atoms with Crippen LogP contribution in [0.3, 0.4) is 0 Å². The molecular formula is C26H22N2O3S. The van der Waals surface area contributed by atoms with Gasteiger partial charge in [0.25, 0.3) is 5.56 Å². The third-order valence-electron chi connectivity index (χ3n) is 5.45. The number of hydrogen-bond donors (Lipinski definition) is 0. The maximum Gasteiger partial charge on any atom is 0.336 e. The van der Waals surface area contributed by atoms with E-state index in [-0.39, 0.29) is 11.2 Å². The minimum Gasteiger partial charge on any atom is -0.423 e. The predicted molar refractivity (Wildman–Crippen MR) is 130 cm³/mol. The van der Waals surface area contributed by atoms with Crippen LogP contribution in [0.4, 0.5) is 0 Å². The first-order chi connectivity index (χ1) is 15.5. The van der Waals surface area contributed by atoms with Crippen molar-refractivity contribution in [1.82, 2.24) is 9.55 Å². The number of para-hydroxylation sites is 1. The molecule has 0 fully saturated rings. The lowest BCUT2D eigenvalue weighted by atomic mass is 10.0. The molecule has 0 aliphatic carbocycles. The molecule has 0 amide bonds. The van der Waals surface area contributed by atoms with Gasteiger partial charge in [-0.3, -0.25) is 9.36 Å². The minimum absolute atomic E-state index is 0.0327. The molecule has 2 heterocycles. The molecule has 0 saturated heterocycles. The van der Waals surface area contributed by atoms with Crippen LogP contribution >= 0.6 is 11.8 Å². The van der Waals surface area contributed by atoms with E-state index in [2.05, 4.69) is 13.8 Å². The normalized spacial score (nSPS) is 11.7. The zero-order chi connectivity index (χ0) is 22.2. The van der Waals surface area contributed by atoms with E-state index >= 15 is 0 Å². The molecule has 3 aromatic carbocycles. The fraction of sp³-hybridized carbons (Fsp3) is 0.192. The van der Waals surface area contributed by atoms with Crippen molar-refractivity contribution in [3.05, 3.63) is 93.1 Å². The fourth-order valence-corrected chi connectivity index (χ4v) is 5.05. The lowest BCUT2D eigenvalue weighted by Gasteiger charge is -2.15. The van der Waals surface area contributed by atoms with Crippen molar-refractivity contribution in [1.29, 1.82) is 0 Å². The first-order valence-electron chi connectivity index (χ1n) is 10.6. The van der Waals surface area contributed by atoms with E-state index in [1.165, 1.54) is 11.8 Å². The molecule has 0 unspecified atom stereocenters. The van der Waals surface area contributed by atoms with E-state index in [9.17, 15) is 9.59 Å². The van der Waals surface area contributed by atoms with Gasteiger partial charge in [0.1, 0.15) is 5.58 Å². The second-order valence-electron chi connectivity index (χ2n) is 8.26. The third kappa shape index (κ3) is 3.71. The van der Waals surface area contributed by atoms with Crippen LogP contribution < -0.4 is 11.2 Å². The molecule has 0 spiro atoms. The molecule has 6 heteroatoms. The highest BCUT2D eigenvalue weighted by Gasteiger charge is 2.15. The summed E-state index contributed by atoms with van der Waals surface area (Å²) in [5.41, 5.74) is 1.71. The standard InChI is InChI=1S/C26H22N2O3S/c1-16(2)14-28-25(30)20-9-5-6-10-21(20)27-26(28)32-15-18-13-23(29)31-22-12-11-17-7-3-4-8-19(17)24(18)22/h3-13,16H,14-15H2,1-2H3. The summed E-state index contributed by atoms with van der Waals surface area (Å²) in [6.45, 7) is 4.75. The van der Waals surface area contributed by atoms with Gasteiger partial charge < -0.3 is 4.42 Å². The van der Waals surface area contributed by atoms with Gasteiger partial charge in [-0.25, -0.2) is 9.78 Å². The maximum atomic E-state index is 13.2. The number of fused-ring (bicyclic) bond motifs is 4. The Morgan fingerprint density at radius 3 is 2.53 bits per heavy atom. The van der Waals surface area contributed by atoms with Crippen LogP contribution in [-0.2, 0) is 12.3 Å². The number of hydrogen-bond acceptors (Lipinski definition) is 5. The van der Waals surface area contributed by atoms with Gasteiger partial charge >= 0.3 is 5.63 Å². The van der Waals surface area contributed by atoms with E-state index in [0.717, 1.165) is 21.7 Å². The molecule has 0 aliphatic rings. The quantitative estimate of drug-likeness (QED) is 0.153. The highest BCUT2D eigenvalue weighted by atomic mass is 32.2. The van der Waals surface area contributed by atoms with Gasteiger partial charge in [-0.05, 0) is 40.5 Å². The number of rotatable bonds is 5. The van der Waals surface area contributed by atoms with Gasteiger partial charge in [0.05, 0.1) is 10.9 Å². The van der Waals surface area contributed by atoms with Crippen LogP contribution in [0.2, 0.25) is 0 Å². The Hall–Kier alpha value is -3.38. The largest absolute Gasteiger partial charge is 0.423 e. The third-order valence-corrected chi connectivity index (χ3v) is 6.47. The van der Waals surface area contributed by atoms with Gasteiger partial charge in [0.15, 0.2) is 5.16 Å². The van der Waals surface area contributed by atoms with E-state index in [4.69, 9.17) is 9.40 Å². The van der Waals surface area contributed by atoms with E-state index in [0.29, 0.717) is 39.9 Å². The lowest BCUT2D eigenvalue weighted by molar-refractivity contribution is 0.475. The molecule has 5 aromatic rings. The Bertz CT molecular complexity index is 1580. The Balaban J connectivity index is 1.64. The molecule has 0 bridgehead atoms. The summed E-state index contributed by atoms with van der Waals surface area (Å²) in [7, 11) is 0. The summed E-state index contributed by atoms with van der Waals surface area (Å²) in [4.78, 5) is 30.2. The number of thioether (sulfide) groups is 1. The van der Waals surface area contributed by atoms with E-state index in [1.807, 2.05) is 60.7 Å². The zero-order valence-corrected chi connectivity index (χ0v) is 18.7. The van der Waals surface area contributed by atoms with Gasteiger partial charge in [-0.1, -0.05) is 68.1 Å². The van der Waals surface area contributed by atoms with E-state index < -0.39 is 0 Å². The summed E-state index contributed by atoms with van der Waals surface area (Å²) < 4.78 is 7.23. The Labute approximate surface area is 188 Å². The molecule has 5 nitrogen and oxygen atoms in total. The minimum atomic E-state index is -0.380. The van der Waals surface area contributed by atoms with Crippen LogP contribution in [0.5, 0.6) is 0 Å². The van der Waals surface area contributed by atoms with Crippen molar-refractivity contribution < 1.29 is 4.42 Å². The summed E-state index contributed by atoms with van der Waals surface area (Å²) in [5.74, 6) is 0.794. The Morgan fingerprint density at radius 1 is 0.969 bits per heavy atom. The summed E-state index contributed by atoms with van der Waals surface area (Å²) in [6, 6.07) is 20.8. The number of benzene rings is 3. The van der Waals surface area contributed by atoms with Crippen molar-refractivity contribution >= 4 is 44.4 Å². The first-order valence-corrected chi connectivity index (χ1v) is 11.6. The van der Waals surface area contributed by atoms with Crippen LogP contribution in [0.15, 0.2) is 85.9 Å². The van der Waals surface area contributed by atoms with Crippen molar-refractivity contribution in [2.45, 2.75) is 31.3 Å². The molecule has 0 N–H and O–H groups in total. The van der Waals surface area contributed by atoms with Crippen LogP contribution in [0.1, 0.15) is 19.4 Å². The van der Waals surface area contributed by atoms with E-state index in [1.54, 1.807) is 10.6 Å². The molecule has 5 rings (SSSR count). The summed E-state index contributed by atoms with van der Waals surface area (Å²) in [5, 5.41) is 4.32. The van der Waals surface area contributed by atoms with Crippen molar-refractivity contribution in [3.8, 4) is 0 Å². The molecular weight excluding hydrogens is 420 g/mol. The highest BCUT2D eigenvalue weighted by molar-refractivity contribution is 7.98. The monoisotopic (exact) mass is 442 g/mol. The Kier molecular flexibility index (Phi) is 5.31. The van der Waals surface area contributed by atoms with Gasteiger partial charge in [0.2, 0.25) is 0 Å². The topological polar surface area (TPSA) is 65.1 Å². The summed E-state index contributed by atoms with van der Waals surface area (Å²) >= 11 is 1.47. The highest BCUT2D eigenvalue weighted by Crippen LogP contribution is 2.31. The zero-order valence-electron chi connectivity index (χ0n) is 17.9. The first kappa shape index (κ1) is 20.5. The molecule has 0 aliphatic heterocycles. The molecule has 0 radical (unpaired) electrons. The van der Waals surface area contributed by atoms with Crippen molar-refractivity contribution in [3.63, 3.8) is 0 Å². The van der Waals surface area contributed by atoms with Crippen molar-refractivity contribution in [2.75, 3.05) is 0 Å². The molecule has 0 saturated carbocycles. The van der Waals surface area contributed by atoms with Gasteiger partial charge in [-0.15, -0.1) is 0 Å². The van der Waals surface area contributed by atoms with Crippen LogP contribution in [-0.4, -0.2) is 9.55 Å². The average Bonchev–Trinajstić information content (AvgIpc) is 2.79. The lowest BCUT2D eigenvalue weighted by Crippen LogP contribution is -2.25. The second-order valence-corrected chi connectivity index (χ2v) is 9.20. The molecule has 2 aromatic heterocycles. The predicted octanol–water partition coefficient (Wildman–Crippen LogP) is 5.60.